The lowest BCUT2D eigenvalue weighted by Gasteiger charge is -2.26. The summed E-state index contributed by atoms with van der Waals surface area (Å²) in [7, 11) is 1.37. The Hall–Kier alpha value is -2.66. The van der Waals surface area contributed by atoms with Crippen molar-refractivity contribution in [2.24, 2.45) is 0 Å². The van der Waals surface area contributed by atoms with Crippen molar-refractivity contribution in [2.45, 2.75) is 0 Å². The largest absolute Gasteiger partial charge is 0.280 e. The van der Waals surface area contributed by atoms with Gasteiger partial charge in [0.25, 0.3) is 17.7 Å². The minimum Gasteiger partial charge on any atom is -0.267 e. The zero-order chi connectivity index (χ0) is 15.9. The molecule has 0 unspecified atom stereocenters. The first-order chi connectivity index (χ1) is 10.5. The van der Waals surface area contributed by atoms with Crippen LogP contribution in [0, 0.1) is 0 Å². The first kappa shape index (κ1) is 14.3. The van der Waals surface area contributed by atoms with Crippen LogP contribution in [0.3, 0.4) is 0 Å². The van der Waals surface area contributed by atoms with Gasteiger partial charge in [0.1, 0.15) is 0 Å². The molecule has 22 heavy (non-hydrogen) atoms. The Balaban J connectivity index is 1.96. The van der Waals surface area contributed by atoms with Crippen molar-refractivity contribution in [3.8, 4) is 0 Å². The van der Waals surface area contributed by atoms with E-state index < -0.39 is 17.7 Å². The lowest BCUT2D eigenvalue weighted by atomic mass is 10.1. The maximum atomic E-state index is 12.5. The average molecular weight is 315 g/mol. The molecule has 2 aromatic rings. The summed E-state index contributed by atoms with van der Waals surface area (Å²) < 4.78 is 0. The molecule has 0 atom stereocenters. The molecule has 6 heteroatoms. The molecule has 1 aliphatic rings. The fourth-order valence-corrected chi connectivity index (χ4v) is 2.57. The van der Waals surface area contributed by atoms with E-state index in [2.05, 4.69) is 0 Å². The minimum absolute atomic E-state index is 0.225. The number of carbonyl (C=O) groups excluding carboxylic acids is 3. The molecule has 2 aromatic carbocycles. The van der Waals surface area contributed by atoms with Crippen LogP contribution >= 0.6 is 11.6 Å². The van der Waals surface area contributed by atoms with Crippen molar-refractivity contribution in [3.05, 3.63) is 70.2 Å². The normalized spacial score (nSPS) is 13.3. The molecule has 0 N–H and O–H groups in total. The highest BCUT2D eigenvalue weighted by molar-refractivity contribution is 6.34. The molecule has 110 valence electrons. The predicted molar refractivity (Wildman–Crippen MR) is 80.5 cm³/mol. The van der Waals surface area contributed by atoms with Gasteiger partial charge in [0.05, 0.1) is 21.7 Å². The summed E-state index contributed by atoms with van der Waals surface area (Å²) in [5.74, 6) is -1.58. The van der Waals surface area contributed by atoms with Crippen molar-refractivity contribution in [3.63, 3.8) is 0 Å². The standard InChI is InChI=1S/C16H11ClN2O3/c1-18(14(20)12-8-4-5-9-13(12)17)19-15(21)10-6-2-3-7-11(10)16(19)22/h2-9H,1H3. The first-order valence-corrected chi connectivity index (χ1v) is 6.90. The molecule has 0 spiro atoms. The van der Waals surface area contributed by atoms with E-state index in [9.17, 15) is 14.4 Å². The summed E-state index contributed by atoms with van der Waals surface area (Å²) in [5.41, 5.74) is 0.792. The number of amides is 3. The van der Waals surface area contributed by atoms with Crippen LogP contribution in [-0.2, 0) is 0 Å². The number of fused-ring (bicyclic) bond motifs is 1. The molecular formula is C16H11ClN2O3. The van der Waals surface area contributed by atoms with Crippen LogP contribution in [-0.4, -0.2) is 34.8 Å². The van der Waals surface area contributed by atoms with E-state index in [0.29, 0.717) is 0 Å². The molecule has 0 aromatic heterocycles. The number of imide groups is 1. The third kappa shape index (κ3) is 2.07. The Morgan fingerprint density at radius 2 is 1.45 bits per heavy atom. The SMILES string of the molecule is CN(C(=O)c1ccccc1Cl)N1C(=O)c2ccccc2C1=O. The second-order valence-electron chi connectivity index (χ2n) is 4.78. The summed E-state index contributed by atoms with van der Waals surface area (Å²) in [6.45, 7) is 0. The van der Waals surface area contributed by atoms with Gasteiger partial charge in [0.2, 0.25) is 0 Å². The second kappa shape index (κ2) is 5.27. The van der Waals surface area contributed by atoms with Gasteiger partial charge in [-0.1, -0.05) is 35.9 Å². The van der Waals surface area contributed by atoms with E-state index >= 15 is 0 Å². The first-order valence-electron chi connectivity index (χ1n) is 6.52. The number of halogens is 1. The van der Waals surface area contributed by atoms with Gasteiger partial charge in [-0.05, 0) is 24.3 Å². The second-order valence-corrected chi connectivity index (χ2v) is 5.18. The van der Waals surface area contributed by atoms with Gasteiger partial charge in [-0.25, -0.2) is 5.01 Å². The molecule has 5 nitrogen and oxygen atoms in total. The smallest absolute Gasteiger partial charge is 0.267 e. The monoisotopic (exact) mass is 314 g/mol. The Labute approximate surface area is 131 Å². The maximum Gasteiger partial charge on any atom is 0.280 e. The highest BCUT2D eigenvalue weighted by atomic mass is 35.5. The molecule has 1 aliphatic heterocycles. The fraction of sp³-hybridized carbons (Fsp3) is 0.0625. The Bertz CT molecular complexity index is 768. The van der Waals surface area contributed by atoms with Crippen LogP contribution in [0.15, 0.2) is 48.5 Å². The maximum absolute atomic E-state index is 12.5. The van der Waals surface area contributed by atoms with E-state index in [1.54, 1.807) is 48.5 Å². The summed E-state index contributed by atoms with van der Waals surface area (Å²) in [6, 6.07) is 12.9. The van der Waals surface area contributed by atoms with E-state index in [1.165, 1.54) is 7.05 Å². The molecule has 1 heterocycles. The highest BCUT2D eigenvalue weighted by Crippen LogP contribution is 2.25. The minimum atomic E-state index is -0.528. The molecule has 0 saturated carbocycles. The molecule has 0 aliphatic carbocycles. The third-order valence-corrected chi connectivity index (χ3v) is 3.80. The van der Waals surface area contributed by atoms with Gasteiger partial charge in [0.15, 0.2) is 0 Å². The number of nitrogens with zero attached hydrogens (tertiary/aromatic N) is 2. The number of hydrazine groups is 1. The van der Waals surface area contributed by atoms with Gasteiger partial charge < -0.3 is 0 Å². The molecule has 0 bridgehead atoms. The summed E-state index contributed by atoms with van der Waals surface area (Å²) in [6.07, 6.45) is 0. The molecule has 0 saturated heterocycles. The van der Waals surface area contributed by atoms with E-state index in [0.717, 1.165) is 10.0 Å². The van der Waals surface area contributed by atoms with Crippen molar-refractivity contribution in [1.82, 2.24) is 10.0 Å². The Morgan fingerprint density at radius 3 is 2.00 bits per heavy atom. The van der Waals surface area contributed by atoms with Crippen molar-refractivity contribution >= 4 is 29.3 Å². The predicted octanol–water partition coefficient (Wildman–Crippen LogP) is 2.62. The number of benzene rings is 2. The number of rotatable bonds is 2. The number of hydrogen-bond acceptors (Lipinski definition) is 3. The van der Waals surface area contributed by atoms with Crippen LogP contribution in [0.5, 0.6) is 0 Å². The lowest BCUT2D eigenvalue weighted by Crippen LogP contribution is -2.47. The van der Waals surface area contributed by atoms with Gasteiger partial charge in [0, 0.05) is 7.05 Å². The van der Waals surface area contributed by atoms with Gasteiger partial charge >= 0.3 is 0 Å². The van der Waals surface area contributed by atoms with E-state index in [4.69, 9.17) is 11.6 Å². The van der Waals surface area contributed by atoms with Gasteiger partial charge in [-0.3, -0.25) is 14.4 Å². The van der Waals surface area contributed by atoms with Crippen molar-refractivity contribution < 1.29 is 14.4 Å². The zero-order valence-corrected chi connectivity index (χ0v) is 12.4. The third-order valence-electron chi connectivity index (χ3n) is 3.47. The van der Waals surface area contributed by atoms with Crippen molar-refractivity contribution in [1.29, 1.82) is 0 Å². The van der Waals surface area contributed by atoms with E-state index in [-0.39, 0.29) is 21.7 Å². The number of carbonyl (C=O) groups is 3. The van der Waals surface area contributed by atoms with Crippen LogP contribution in [0.1, 0.15) is 31.1 Å². The van der Waals surface area contributed by atoms with Crippen LogP contribution in [0.25, 0.3) is 0 Å². The van der Waals surface area contributed by atoms with Crippen LogP contribution in [0.2, 0.25) is 5.02 Å². The zero-order valence-electron chi connectivity index (χ0n) is 11.6. The Kier molecular flexibility index (Phi) is 3.42. The Morgan fingerprint density at radius 1 is 0.955 bits per heavy atom. The van der Waals surface area contributed by atoms with Gasteiger partial charge in [-0.15, -0.1) is 0 Å². The molecule has 3 rings (SSSR count). The van der Waals surface area contributed by atoms with Crippen LogP contribution < -0.4 is 0 Å². The molecule has 3 amide bonds. The van der Waals surface area contributed by atoms with Crippen molar-refractivity contribution in [2.75, 3.05) is 7.05 Å². The molecule has 0 radical (unpaired) electrons. The fourth-order valence-electron chi connectivity index (χ4n) is 2.35. The average Bonchev–Trinajstić information content (AvgIpc) is 2.78. The van der Waals surface area contributed by atoms with Gasteiger partial charge in [-0.2, -0.15) is 5.01 Å². The summed E-state index contributed by atoms with van der Waals surface area (Å²) >= 11 is 6.00. The summed E-state index contributed by atoms with van der Waals surface area (Å²) in [5, 5.41) is 2.08. The highest BCUT2D eigenvalue weighted by Gasteiger charge is 2.40. The summed E-state index contributed by atoms with van der Waals surface area (Å²) in [4.78, 5) is 37.2. The topological polar surface area (TPSA) is 57.7 Å². The quantitative estimate of drug-likeness (QED) is 0.801. The van der Waals surface area contributed by atoms with Crippen LogP contribution in [0.4, 0.5) is 0 Å². The lowest BCUT2D eigenvalue weighted by molar-refractivity contribution is 0.0128. The number of hydrogen-bond donors (Lipinski definition) is 0. The molecular weight excluding hydrogens is 304 g/mol. The van der Waals surface area contributed by atoms with E-state index in [1.807, 2.05) is 0 Å². The molecule has 0 fully saturated rings.